The maximum Gasteiger partial charge on any atom is 0.283 e. The van der Waals surface area contributed by atoms with Crippen LogP contribution in [0.3, 0.4) is 0 Å². The van der Waals surface area contributed by atoms with Gasteiger partial charge >= 0.3 is 0 Å². The summed E-state index contributed by atoms with van der Waals surface area (Å²) in [5, 5.41) is 0. The monoisotopic (exact) mass is 280 g/mol. The van der Waals surface area contributed by atoms with E-state index in [4.69, 9.17) is 0 Å². The van der Waals surface area contributed by atoms with Gasteiger partial charge < -0.3 is 0 Å². The lowest BCUT2D eigenvalue weighted by Gasteiger charge is -2.35. The molecule has 0 radical (unpaired) electrons. The van der Waals surface area contributed by atoms with Crippen LogP contribution in [0.1, 0.15) is 27.7 Å². The largest absolute Gasteiger partial charge is 0.283 e. The molecule has 1 aromatic carbocycles. The van der Waals surface area contributed by atoms with Crippen molar-refractivity contribution in [1.29, 1.82) is 0 Å². The molecule has 0 aliphatic carbocycles. The molecule has 0 aliphatic rings. The zero-order chi connectivity index (χ0) is 14.7. The van der Waals surface area contributed by atoms with Crippen molar-refractivity contribution in [2.24, 2.45) is 0 Å². The van der Waals surface area contributed by atoms with Crippen LogP contribution in [-0.4, -0.2) is 6.26 Å². The quantitative estimate of drug-likeness (QED) is 0.466. The summed E-state index contributed by atoms with van der Waals surface area (Å²) in [7, 11) is -8.97. The van der Waals surface area contributed by atoms with E-state index >= 15 is 0 Å². The van der Waals surface area contributed by atoms with E-state index in [2.05, 4.69) is 0 Å². The Labute approximate surface area is 101 Å². The molecule has 0 saturated carbocycles. The fourth-order valence-electron chi connectivity index (χ4n) is 0.385. The molecule has 0 saturated heterocycles. The van der Waals surface area contributed by atoms with Crippen LogP contribution in [-0.2, 0) is 0 Å². The molecule has 0 aromatic heterocycles. The van der Waals surface area contributed by atoms with Gasteiger partial charge in [-0.05, 0) is 0 Å². The molecule has 6 heteroatoms. The molecular weight excluding hydrogens is 259 g/mol. The molecule has 0 fully saturated rings. The van der Waals surface area contributed by atoms with Gasteiger partial charge in [0, 0.05) is 0 Å². The van der Waals surface area contributed by atoms with Crippen molar-refractivity contribution in [1.82, 2.24) is 0 Å². The smallest absolute Gasteiger partial charge is 0.0981 e. The highest BCUT2D eigenvalue weighted by atomic mass is 32.5. The first-order valence-electron chi connectivity index (χ1n) is 5.18. The van der Waals surface area contributed by atoms with Crippen molar-refractivity contribution >= 4 is 10.2 Å². The molecule has 0 nitrogen and oxygen atoms in total. The molecule has 0 bridgehead atoms. The summed E-state index contributed by atoms with van der Waals surface area (Å²) in [5.74, 6) is 0. The molecule has 1 rings (SSSR count). The fourth-order valence-corrected chi connectivity index (χ4v) is 0.385. The molecule has 17 heavy (non-hydrogen) atoms. The van der Waals surface area contributed by atoms with Gasteiger partial charge in [-0.3, -0.25) is 0 Å². The molecular formula is C11H21F5S. The molecule has 0 atom stereocenters. The van der Waals surface area contributed by atoms with Crippen molar-refractivity contribution in [3.8, 4) is 0 Å². The summed E-state index contributed by atoms with van der Waals surface area (Å²) in [4.78, 5) is 0. The highest BCUT2D eigenvalue weighted by molar-refractivity contribution is 8.45. The van der Waals surface area contributed by atoms with Gasteiger partial charge in [0.25, 0.3) is 10.2 Å². The van der Waals surface area contributed by atoms with Gasteiger partial charge in [0.05, 0.1) is 6.26 Å². The first-order chi connectivity index (χ1) is 7.45. The van der Waals surface area contributed by atoms with E-state index in [1.165, 1.54) is 0 Å². The highest BCUT2D eigenvalue weighted by Gasteiger charge is 2.57. The Hall–Kier alpha value is -0.780. The number of halogens is 5. The Bertz CT molecular complexity index is 212. The Balaban J connectivity index is -0.000000179. The average Bonchev–Trinajstić information content (AvgIpc) is 2.22. The summed E-state index contributed by atoms with van der Waals surface area (Å²) in [6.45, 7) is 8.00. The van der Waals surface area contributed by atoms with Gasteiger partial charge in [-0.25, -0.2) is 0 Å². The zero-order valence-corrected chi connectivity index (χ0v) is 11.6. The van der Waals surface area contributed by atoms with Gasteiger partial charge in [0.1, 0.15) is 0 Å². The van der Waals surface area contributed by atoms with Crippen LogP contribution >= 0.6 is 10.2 Å². The van der Waals surface area contributed by atoms with Crippen molar-refractivity contribution in [3.05, 3.63) is 36.4 Å². The summed E-state index contributed by atoms with van der Waals surface area (Å²) >= 11 is 0. The number of hydrogen-bond donors (Lipinski definition) is 0. The summed E-state index contributed by atoms with van der Waals surface area (Å²) in [6.07, 6.45) is -0.986. The van der Waals surface area contributed by atoms with Crippen molar-refractivity contribution < 1.29 is 19.4 Å². The van der Waals surface area contributed by atoms with Gasteiger partial charge in [-0.1, -0.05) is 83.5 Å². The molecule has 106 valence electrons. The lowest BCUT2D eigenvalue weighted by atomic mass is 10.4. The highest BCUT2D eigenvalue weighted by Crippen LogP contribution is 2.95. The van der Waals surface area contributed by atoms with Crippen LogP contribution < -0.4 is 0 Å². The van der Waals surface area contributed by atoms with Gasteiger partial charge in [0.15, 0.2) is 0 Å². The first kappa shape index (κ1) is 21.5. The lowest BCUT2D eigenvalue weighted by molar-refractivity contribution is 0.377. The van der Waals surface area contributed by atoms with E-state index in [-0.39, 0.29) is 0 Å². The third-order valence-electron chi connectivity index (χ3n) is 0.667. The van der Waals surface area contributed by atoms with Crippen LogP contribution in [0.15, 0.2) is 36.4 Å². The number of rotatable bonds is 0. The van der Waals surface area contributed by atoms with E-state index < -0.39 is 16.5 Å². The summed E-state index contributed by atoms with van der Waals surface area (Å²) < 4.78 is 52.6. The van der Waals surface area contributed by atoms with Crippen molar-refractivity contribution in [3.63, 3.8) is 0 Å². The van der Waals surface area contributed by atoms with Gasteiger partial charge in [-0.15, -0.1) is 0 Å². The Kier molecular flexibility index (Phi) is 9.52. The van der Waals surface area contributed by atoms with Gasteiger partial charge in [0.2, 0.25) is 0 Å². The molecule has 0 amide bonds. The Morgan fingerprint density at radius 2 is 0.588 bits per heavy atom. The minimum absolute atomic E-state index is 0.986. The van der Waals surface area contributed by atoms with Crippen LogP contribution in [0.2, 0.25) is 0 Å². The molecule has 1 aromatic rings. The maximum atomic E-state index is 10.5. The summed E-state index contributed by atoms with van der Waals surface area (Å²) in [6, 6.07) is 12.0. The van der Waals surface area contributed by atoms with E-state index in [1.54, 1.807) is 0 Å². The predicted octanol–water partition coefficient (Wildman–Crippen LogP) is 6.65. The maximum absolute atomic E-state index is 10.5. The first-order valence-corrected chi connectivity index (χ1v) is 7.54. The average molecular weight is 280 g/mol. The third kappa shape index (κ3) is 97.6. The van der Waals surface area contributed by atoms with Crippen molar-refractivity contribution in [2.45, 2.75) is 27.7 Å². The number of benzene rings is 1. The zero-order valence-electron chi connectivity index (χ0n) is 10.8. The second kappa shape index (κ2) is 7.53. The Morgan fingerprint density at radius 3 is 0.647 bits per heavy atom. The van der Waals surface area contributed by atoms with E-state index in [0.29, 0.717) is 0 Å². The second-order valence-electron chi connectivity index (χ2n) is 2.51. The van der Waals surface area contributed by atoms with E-state index in [1.807, 2.05) is 64.1 Å². The van der Waals surface area contributed by atoms with E-state index in [0.717, 1.165) is 0 Å². The summed E-state index contributed by atoms with van der Waals surface area (Å²) in [5.41, 5.74) is 0. The van der Waals surface area contributed by atoms with Crippen molar-refractivity contribution in [2.75, 3.05) is 6.26 Å². The number of hydrogen-bond acceptors (Lipinski definition) is 0. The van der Waals surface area contributed by atoms with Crippen LogP contribution in [0.5, 0.6) is 0 Å². The molecule has 0 heterocycles. The topological polar surface area (TPSA) is 0 Å². The third-order valence-corrected chi connectivity index (χ3v) is 0.667. The fraction of sp³-hybridized carbons (Fsp3) is 0.455. The predicted molar refractivity (Wildman–Crippen MR) is 68.2 cm³/mol. The normalized spacial score (nSPS) is 13.1. The SMILES string of the molecule is CC.CC.CS(F)(F)(F)(F)F.c1ccccc1. The van der Waals surface area contributed by atoms with E-state index in [9.17, 15) is 19.4 Å². The van der Waals surface area contributed by atoms with Crippen LogP contribution in [0.25, 0.3) is 0 Å². The lowest BCUT2D eigenvalue weighted by Crippen LogP contribution is -1.99. The standard InChI is InChI=1S/C6H6.2C2H6.CH3F5S/c1-2-4-6-5-3-1;2*1-2;1-7(2,3,4,5)6/h1-6H;2*1-2H3;1H3. The van der Waals surface area contributed by atoms with Crippen LogP contribution in [0, 0.1) is 0 Å². The molecule has 0 spiro atoms. The van der Waals surface area contributed by atoms with Crippen LogP contribution in [0.4, 0.5) is 19.4 Å². The second-order valence-corrected chi connectivity index (χ2v) is 5.22. The minimum Gasteiger partial charge on any atom is -0.0981 e. The van der Waals surface area contributed by atoms with Gasteiger partial charge in [-0.2, -0.15) is 0 Å². The molecule has 0 unspecified atom stereocenters. The molecule has 0 N–H and O–H groups in total. The minimum atomic E-state index is -8.97. The molecule has 0 aliphatic heterocycles. The Morgan fingerprint density at radius 1 is 0.529 bits per heavy atom.